The van der Waals surface area contributed by atoms with Crippen LogP contribution < -0.4 is 10.6 Å². The van der Waals surface area contributed by atoms with Crippen LogP contribution in [0.1, 0.15) is 44.9 Å². The fourth-order valence-corrected chi connectivity index (χ4v) is 6.44. The Balaban J connectivity index is 1.26. The second-order valence-corrected chi connectivity index (χ2v) is 10.9. The number of imide groups is 1. The van der Waals surface area contributed by atoms with Gasteiger partial charge in [0.25, 0.3) is 5.91 Å². The number of hydrogen-bond donors (Lipinski definition) is 2. The molecule has 3 aliphatic rings. The molecule has 1 aromatic carbocycles. The lowest BCUT2D eigenvalue weighted by Crippen LogP contribution is -2.46. The fourth-order valence-electron chi connectivity index (χ4n) is 4.92. The molecular formula is C22H29FN4O5S. The summed E-state index contributed by atoms with van der Waals surface area (Å²) in [5.41, 5.74) is -0.734. The van der Waals surface area contributed by atoms with E-state index in [2.05, 4.69) is 10.6 Å². The maximum absolute atomic E-state index is 13.1. The first-order valence-corrected chi connectivity index (χ1v) is 12.8. The minimum absolute atomic E-state index is 0.00134. The average molecular weight is 481 g/mol. The van der Waals surface area contributed by atoms with Gasteiger partial charge in [-0.2, -0.15) is 4.31 Å². The Morgan fingerprint density at radius 3 is 2.55 bits per heavy atom. The fraction of sp³-hybridized carbons (Fsp3) is 0.591. The smallest absolute Gasteiger partial charge is 0.325 e. The number of halogens is 1. The summed E-state index contributed by atoms with van der Waals surface area (Å²) in [6, 6.07) is 4.27. The van der Waals surface area contributed by atoms with Crippen LogP contribution in [0.25, 0.3) is 0 Å². The molecule has 1 saturated carbocycles. The molecule has 11 heteroatoms. The molecular weight excluding hydrogens is 451 g/mol. The lowest BCUT2D eigenvalue weighted by atomic mass is 9.98. The van der Waals surface area contributed by atoms with E-state index in [1.165, 1.54) is 21.3 Å². The largest absolute Gasteiger partial charge is 0.356 e. The Bertz CT molecular complexity index is 1020. The van der Waals surface area contributed by atoms with Gasteiger partial charge in [-0.05, 0) is 56.4 Å². The Hall–Kier alpha value is -2.53. The van der Waals surface area contributed by atoms with Crippen molar-refractivity contribution in [1.82, 2.24) is 19.8 Å². The van der Waals surface area contributed by atoms with Crippen molar-refractivity contribution in [1.29, 1.82) is 0 Å². The summed E-state index contributed by atoms with van der Waals surface area (Å²) in [5, 5.41) is 5.64. The number of sulfonamides is 1. The highest BCUT2D eigenvalue weighted by atomic mass is 32.2. The first kappa shape index (κ1) is 23.6. The molecule has 1 aromatic rings. The third-order valence-electron chi connectivity index (χ3n) is 6.77. The van der Waals surface area contributed by atoms with Gasteiger partial charge in [0.05, 0.1) is 10.8 Å². The van der Waals surface area contributed by atoms with Crippen molar-refractivity contribution in [3.63, 3.8) is 0 Å². The van der Waals surface area contributed by atoms with Crippen molar-refractivity contribution < 1.29 is 27.2 Å². The minimum atomic E-state index is -3.81. The van der Waals surface area contributed by atoms with Gasteiger partial charge in [0.2, 0.25) is 15.9 Å². The first-order valence-electron chi connectivity index (χ1n) is 11.4. The highest BCUT2D eigenvalue weighted by Crippen LogP contribution is 2.35. The standard InChI is InChI=1S/C22H29FN4O5S/c23-17-6-8-18(9-7-17)33(31,32)26-13-3-5-16(15-26)19(28)24-12-4-14-27-20(29)22(25-21(27)30)10-1-2-11-22/h6-9,16H,1-5,10-15H2,(H,24,28)(H,25,30). The number of hydrogen-bond acceptors (Lipinski definition) is 5. The Labute approximate surface area is 192 Å². The number of benzene rings is 1. The van der Waals surface area contributed by atoms with E-state index >= 15 is 0 Å². The lowest BCUT2D eigenvalue weighted by Gasteiger charge is -2.31. The van der Waals surface area contributed by atoms with E-state index in [-0.39, 0.29) is 42.4 Å². The maximum atomic E-state index is 13.1. The van der Waals surface area contributed by atoms with Gasteiger partial charge < -0.3 is 10.6 Å². The van der Waals surface area contributed by atoms with Gasteiger partial charge in [-0.3, -0.25) is 14.5 Å². The Kier molecular flexibility index (Phi) is 6.71. The normalized spacial score (nSPS) is 23.2. The molecule has 2 heterocycles. The molecule has 1 unspecified atom stereocenters. The molecule has 2 N–H and O–H groups in total. The van der Waals surface area contributed by atoms with Crippen LogP contribution in [0.2, 0.25) is 0 Å². The molecule has 2 aliphatic heterocycles. The molecule has 180 valence electrons. The molecule has 1 spiro atoms. The van der Waals surface area contributed by atoms with Gasteiger partial charge in [-0.25, -0.2) is 17.6 Å². The number of rotatable bonds is 7. The van der Waals surface area contributed by atoms with Gasteiger partial charge in [0.15, 0.2) is 0 Å². The Morgan fingerprint density at radius 1 is 1.15 bits per heavy atom. The van der Waals surface area contributed by atoms with Gasteiger partial charge in [-0.15, -0.1) is 0 Å². The van der Waals surface area contributed by atoms with Crippen molar-refractivity contribution in [2.24, 2.45) is 5.92 Å². The highest BCUT2D eigenvalue weighted by molar-refractivity contribution is 7.89. The summed E-state index contributed by atoms with van der Waals surface area (Å²) in [4.78, 5) is 38.7. The second kappa shape index (κ2) is 9.38. The van der Waals surface area contributed by atoms with Gasteiger partial charge in [0, 0.05) is 26.2 Å². The molecule has 0 bridgehead atoms. The van der Waals surface area contributed by atoms with E-state index in [1.54, 1.807) is 0 Å². The van der Waals surface area contributed by atoms with Crippen molar-refractivity contribution in [2.45, 2.75) is 55.4 Å². The van der Waals surface area contributed by atoms with Gasteiger partial charge in [0.1, 0.15) is 11.4 Å². The van der Waals surface area contributed by atoms with Crippen LogP contribution in [0.3, 0.4) is 0 Å². The van der Waals surface area contributed by atoms with Gasteiger partial charge >= 0.3 is 6.03 Å². The van der Waals surface area contributed by atoms with Crippen molar-refractivity contribution in [3.8, 4) is 0 Å². The van der Waals surface area contributed by atoms with Crippen LogP contribution >= 0.6 is 0 Å². The number of urea groups is 1. The zero-order chi connectivity index (χ0) is 23.6. The minimum Gasteiger partial charge on any atom is -0.356 e. The zero-order valence-electron chi connectivity index (χ0n) is 18.4. The molecule has 33 heavy (non-hydrogen) atoms. The number of piperidine rings is 1. The summed E-state index contributed by atoms with van der Waals surface area (Å²) in [6.45, 7) is 0.866. The van der Waals surface area contributed by atoms with Crippen molar-refractivity contribution >= 4 is 27.9 Å². The third kappa shape index (κ3) is 4.74. The van der Waals surface area contributed by atoms with Crippen LogP contribution in [0, 0.1) is 11.7 Å². The highest BCUT2D eigenvalue weighted by Gasteiger charge is 2.52. The quantitative estimate of drug-likeness (QED) is 0.454. The van der Waals surface area contributed by atoms with Crippen LogP contribution in [0.5, 0.6) is 0 Å². The van der Waals surface area contributed by atoms with E-state index in [9.17, 15) is 27.2 Å². The Morgan fingerprint density at radius 2 is 1.85 bits per heavy atom. The SMILES string of the molecule is O=C(NCCCN1C(=O)NC2(CCCC2)C1=O)C1CCCN(S(=O)(=O)c2ccc(F)cc2)C1. The molecule has 0 aromatic heterocycles. The molecule has 9 nitrogen and oxygen atoms in total. The van der Waals surface area contributed by atoms with Crippen LogP contribution in [-0.2, 0) is 19.6 Å². The van der Waals surface area contributed by atoms with Crippen LogP contribution in [-0.4, -0.2) is 67.2 Å². The first-order chi connectivity index (χ1) is 15.7. The number of amides is 4. The molecule has 2 saturated heterocycles. The van der Waals surface area contributed by atoms with E-state index in [0.29, 0.717) is 38.6 Å². The maximum Gasteiger partial charge on any atom is 0.325 e. The molecule has 4 rings (SSSR count). The summed E-state index contributed by atoms with van der Waals surface area (Å²) >= 11 is 0. The van der Waals surface area contributed by atoms with Crippen LogP contribution in [0.4, 0.5) is 9.18 Å². The molecule has 1 aliphatic carbocycles. The second-order valence-electron chi connectivity index (χ2n) is 8.98. The summed E-state index contributed by atoms with van der Waals surface area (Å²) < 4.78 is 40.1. The topological polar surface area (TPSA) is 116 Å². The predicted octanol–water partition coefficient (Wildman–Crippen LogP) is 1.60. The van der Waals surface area contributed by atoms with E-state index in [1.807, 2.05) is 0 Å². The van der Waals surface area contributed by atoms with E-state index in [0.717, 1.165) is 25.0 Å². The summed E-state index contributed by atoms with van der Waals surface area (Å²) in [6.07, 6.45) is 4.72. The molecule has 1 atom stereocenters. The van der Waals surface area contributed by atoms with Crippen LogP contribution in [0.15, 0.2) is 29.2 Å². The molecule has 4 amide bonds. The summed E-state index contributed by atoms with van der Waals surface area (Å²) in [7, 11) is -3.81. The number of carbonyl (C=O) groups is 3. The van der Waals surface area contributed by atoms with Gasteiger partial charge in [-0.1, -0.05) is 12.8 Å². The van der Waals surface area contributed by atoms with E-state index < -0.39 is 27.3 Å². The zero-order valence-corrected chi connectivity index (χ0v) is 19.2. The molecule has 0 radical (unpaired) electrons. The van der Waals surface area contributed by atoms with Crippen molar-refractivity contribution in [3.05, 3.63) is 30.1 Å². The average Bonchev–Trinajstić information content (AvgIpc) is 3.36. The number of nitrogens with one attached hydrogen (secondary N) is 2. The summed E-state index contributed by atoms with van der Waals surface area (Å²) in [5.74, 6) is -1.44. The lowest BCUT2D eigenvalue weighted by molar-refractivity contribution is -0.131. The monoisotopic (exact) mass is 480 g/mol. The predicted molar refractivity (Wildman–Crippen MR) is 117 cm³/mol. The van der Waals surface area contributed by atoms with E-state index in [4.69, 9.17) is 0 Å². The van der Waals surface area contributed by atoms with Crippen molar-refractivity contribution in [2.75, 3.05) is 26.2 Å². The number of carbonyl (C=O) groups excluding carboxylic acids is 3. The molecule has 3 fully saturated rings. The third-order valence-corrected chi connectivity index (χ3v) is 8.65. The number of nitrogens with zero attached hydrogens (tertiary/aromatic N) is 2.